The van der Waals surface area contributed by atoms with Gasteiger partial charge >= 0.3 is 0 Å². The number of benzene rings is 1. The molecule has 1 unspecified atom stereocenters. The van der Waals surface area contributed by atoms with Gasteiger partial charge in [-0.15, -0.1) is 0 Å². The van der Waals surface area contributed by atoms with Crippen LogP contribution in [0.4, 0.5) is 15.8 Å². The predicted molar refractivity (Wildman–Crippen MR) is 77.4 cm³/mol. The lowest BCUT2D eigenvalue weighted by Crippen LogP contribution is -2.31. The summed E-state index contributed by atoms with van der Waals surface area (Å²) in [7, 11) is 3.82. The minimum Gasteiger partial charge on any atom is -0.378 e. The number of hydrogen-bond donors (Lipinski definition) is 1. The summed E-state index contributed by atoms with van der Waals surface area (Å²) in [5.74, 6) is -0.457. The van der Waals surface area contributed by atoms with E-state index in [0.717, 1.165) is 0 Å². The molecule has 0 aromatic heterocycles. The number of likely N-dealkylation sites (N-methyl/N-ethyl adjacent to an activating group) is 1. The van der Waals surface area contributed by atoms with Crippen molar-refractivity contribution in [3.05, 3.63) is 31.6 Å². The summed E-state index contributed by atoms with van der Waals surface area (Å²) < 4.78 is 13.7. The van der Waals surface area contributed by atoms with Gasteiger partial charge in [-0.3, -0.25) is 10.1 Å². The molecule has 100 valence electrons. The van der Waals surface area contributed by atoms with Crippen molar-refractivity contribution in [3.63, 3.8) is 0 Å². The number of halogens is 2. The lowest BCUT2D eigenvalue weighted by molar-refractivity contribution is -0.384. The first-order valence-electron chi connectivity index (χ1n) is 5.36. The zero-order valence-corrected chi connectivity index (χ0v) is 12.6. The molecule has 0 aliphatic carbocycles. The maximum Gasteiger partial charge on any atom is 0.293 e. The van der Waals surface area contributed by atoms with Crippen molar-refractivity contribution in [1.29, 1.82) is 0 Å². The minimum absolute atomic E-state index is 0.105. The molecule has 0 spiro atoms. The monoisotopic (exact) mass is 367 g/mol. The van der Waals surface area contributed by atoms with Gasteiger partial charge in [-0.1, -0.05) is 0 Å². The second-order valence-electron chi connectivity index (χ2n) is 4.23. The third kappa shape index (κ3) is 3.77. The second-order valence-corrected chi connectivity index (χ2v) is 5.40. The third-order valence-electron chi connectivity index (χ3n) is 2.70. The molecule has 0 saturated carbocycles. The molecule has 7 heteroatoms. The highest BCUT2D eigenvalue weighted by Gasteiger charge is 2.18. The van der Waals surface area contributed by atoms with Crippen molar-refractivity contribution in [1.82, 2.24) is 4.90 Å². The molecule has 0 aliphatic rings. The van der Waals surface area contributed by atoms with Crippen LogP contribution in [0.2, 0.25) is 0 Å². The van der Waals surface area contributed by atoms with Crippen molar-refractivity contribution < 1.29 is 9.31 Å². The summed E-state index contributed by atoms with van der Waals surface area (Å²) in [6.45, 7) is 2.48. The first-order chi connectivity index (χ1) is 8.32. The first kappa shape index (κ1) is 15.1. The molecular formula is C11H15FIN3O2. The van der Waals surface area contributed by atoms with Gasteiger partial charge in [-0.05, 0) is 43.6 Å². The van der Waals surface area contributed by atoms with Crippen LogP contribution in [0.1, 0.15) is 6.92 Å². The molecule has 0 heterocycles. The van der Waals surface area contributed by atoms with Crippen LogP contribution < -0.4 is 5.32 Å². The first-order valence-corrected chi connectivity index (χ1v) is 6.44. The van der Waals surface area contributed by atoms with E-state index in [4.69, 9.17) is 0 Å². The van der Waals surface area contributed by atoms with Crippen molar-refractivity contribution >= 4 is 34.0 Å². The zero-order chi connectivity index (χ0) is 13.9. The molecular weight excluding hydrogens is 352 g/mol. The highest BCUT2D eigenvalue weighted by Crippen LogP contribution is 2.28. The zero-order valence-electron chi connectivity index (χ0n) is 10.4. The van der Waals surface area contributed by atoms with E-state index in [9.17, 15) is 14.5 Å². The fourth-order valence-corrected chi connectivity index (χ4v) is 1.72. The molecule has 1 aromatic carbocycles. The molecule has 18 heavy (non-hydrogen) atoms. The van der Waals surface area contributed by atoms with Gasteiger partial charge in [0.1, 0.15) is 11.5 Å². The Morgan fingerprint density at radius 1 is 1.56 bits per heavy atom. The maximum absolute atomic E-state index is 13.4. The van der Waals surface area contributed by atoms with Crippen LogP contribution in [0.25, 0.3) is 0 Å². The normalized spacial score (nSPS) is 12.6. The topological polar surface area (TPSA) is 58.4 Å². The van der Waals surface area contributed by atoms with Gasteiger partial charge in [0.05, 0.1) is 8.49 Å². The van der Waals surface area contributed by atoms with Crippen LogP contribution in [0, 0.1) is 19.5 Å². The molecule has 1 aromatic rings. The highest BCUT2D eigenvalue weighted by molar-refractivity contribution is 14.1. The number of rotatable bonds is 5. The quantitative estimate of drug-likeness (QED) is 0.494. The van der Waals surface area contributed by atoms with Gasteiger partial charge in [-0.2, -0.15) is 0 Å². The molecule has 0 radical (unpaired) electrons. The molecule has 1 rings (SSSR count). The van der Waals surface area contributed by atoms with Gasteiger partial charge in [0.15, 0.2) is 0 Å². The fraction of sp³-hybridized carbons (Fsp3) is 0.455. The van der Waals surface area contributed by atoms with Crippen LogP contribution >= 0.6 is 22.6 Å². The lowest BCUT2D eigenvalue weighted by atomic mass is 10.2. The Labute approximate surface area is 119 Å². The van der Waals surface area contributed by atoms with Crippen molar-refractivity contribution in [2.24, 2.45) is 0 Å². The minimum atomic E-state index is -0.510. The summed E-state index contributed by atoms with van der Waals surface area (Å²) >= 11 is 1.74. The number of nitro benzene ring substituents is 1. The Morgan fingerprint density at radius 2 is 2.17 bits per heavy atom. The average molecular weight is 367 g/mol. The van der Waals surface area contributed by atoms with Crippen LogP contribution in [-0.4, -0.2) is 36.5 Å². The molecule has 1 atom stereocenters. The summed E-state index contributed by atoms with van der Waals surface area (Å²) in [5, 5.41) is 13.8. The summed E-state index contributed by atoms with van der Waals surface area (Å²) in [6, 6.07) is 2.59. The SMILES string of the molecule is CC(CNc1cc(F)c(I)cc1[N+](=O)[O-])N(C)C. The van der Waals surface area contributed by atoms with Crippen LogP contribution in [-0.2, 0) is 0 Å². The standard InChI is InChI=1S/C11H15FIN3O2/c1-7(15(2)3)6-14-10-4-8(12)9(13)5-11(10)16(17)18/h4-5,7,14H,6H2,1-3H3. The molecule has 1 N–H and O–H groups in total. The number of anilines is 1. The third-order valence-corrected chi connectivity index (χ3v) is 3.53. The smallest absolute Gasteiger partial charge is 0.293 e. The summed E-state index contributed by atoms with van der Waals surface area (Å²) in [5.41, 5.74) is 0.110. The Kier molecular flexibility index (Phi) is 5.27. The number of nitro groups is 1. The van der Waals surface area contributed by atoms with Crippen LogP contribution in [0.5, 0.6) is 0 Å². The molecule has 0 aliphatic heterocycles. The molecule has 0 fully saturated rings. The molecule has 0 saturated heterocycles. The van der Waals surface area contributed by atoms with Crippen molar-refractivity contribution in [2.75, 3.05) is 26.0 Å². The van der Waals surface area contributed by atoms with E-state index in [-0.39, 0.29) is 21.0 Å². The second kappa shape index (κ2) is 6.28. The van der Waals surface area contributed by atoms with Gasteiger partial charge in [-0.25, -0.2) is 4.39 Å². The van der Waals surface area contributed by atoms with E-state index in [0.29, 0.717) is 6.54 Å². The van der Waals surface area contributed by atoms with E-state index < -0.39 is 10.7 Å². The molecule has 0 bridgehead atoms. The average Bonchev–Trinajstić information content (AvgIpc) is 2.29. The number of nitrogens with one attached hydrogen (secondary N) is 1. The fourth-order valence-electron chi connectivity index (χ4n) is 1.27. The molecule has 5 nitrogen and oxygen atoms in total. The lowest BCUT2D eigenvalue weighted by Gasteiger charge is -2.20. The van der Waals surface area contributed by atoms with Gasteiger partial charge in [0, 0.05) is 24.7 Å². The Balaban J connectivity index is 2.93. The highest BCUT2D eigenvalue weighted by atomic mass is 127. The van der Waals surface area contributed by atoms with Crippen molar-refractivity contribution in [3.8, 4) is 0 Å². The van der Waals surface area contributed by atoms with E-state index in [1.54, 1.807) is 22.6 Å². The van der Waals surface area contributed by atoms with E-state index >= 15 is 0 Å². The van der Waals surface area contributed by atoms with Gasteiger partial charge in [0.2, 0.25) is 0 Å². The number of nitrogens with zero attached hydrogens (tertiary/aromatic N) is 2. The van der Waals surface area contributed by atoms with Crippen LogP contribution in [0.15, 0.2) is 12.1 Å². The Morgan fingerprint density at radius 3 is 2.67 bits per heavy atom. The molecule has 0 amide bonds. The number of hydrogen-bond acceptors (Lipinski definition) is 4. The maximum atomic E-state index is 13.4. The van der Waals surface area contributed by atoms with Gasteiger partial charge in [0.25, 0.3) is 5.69 Å². The Bertz CT molecular complexity index is 454. The van der Waals surface area contributed by atoms with E-state index in [2.05, 4.69) is 5.32 Å². The largest absolute Gasteiger partial charge is 0.378 e. The summed E-state index contributed by atoms with van der Waals surface area (Å²) in [4.78, 5) is 12.4. The van der Waals surface area contributed by atoms with Gasteiger partial charge < -0.3 is 10.2 Å². The van der Waals surface area contributed by atoms with Crippen LogP contribution in [0.3, 0.4) is 0 Å². The van der Waals surface area contributed by atoms with Crippen molar-refractivity contribution in [2.45, 2.75) is 13.0 Å². The summed E-state index contributed by atoms with van der Waals surface area (Å²) in [6.07, 6.45) is 0. The Hall–Kier alpha value is -0.960. The van der Waals surface area contributed by atoms with E-state index in [1.165, 1.54) is 12.1 Å². The predicted octanol–water partition coefficient (Wildman–Crippen LogP) is 2.70. The van der Waals surface area contributed by atoms with E-state index in [1.807, 2.05) is 25.9 Å².